The molecule has 1 heterocycles. The molecule has 12 heavy (non-hydrogen) atoms. The standard InChI is InChI=1S/C8H17FN2O/c1-2-12-5-8(10)6-3-11-4-7(6)9/h6-8,11H,2-5,10H2,1H3/t6-,7+,8-/m0/s1. The Kier molecular flexibility index (Phi) is 3.91. The van der Waals surface area contributed by atoms with Gasteiger partial charge in [0.2, 0.25) is 0 Å². The van der Waals surface area contributed by atoms with Crippen molar-refractivity contribution in [2.75, 3.05) is 26.3 Å². The molecule has 0 amide bonds. The Balaban J connectivity index is 2.25. The molecule has 0 aromatic rings. The molecule has 3 nitrogen and oxygen atoms in total. The van der Waals surface area contributed by atoms with Crippen LogP contribution in [-0.2, 0) is 4.74 Å². The highest BCUT2D eigenvalue weighted by atomic mass is 19.1. The van der Waals surface area contributed by atoms with Crippen LogP contribution in [0.1, 0.15) is 6.92 Å². The summed E-state index contributed by atoms with van der Waals surface area (Å²) in [5.41, 5.74) is 5.75. The van der Waals surface area contributed by atoms with Gasteiger partial charge in [0.05, 0.1) is 6.61 Å². The summed E-state index contributed by atoms with van der Waals surface area (Å²) < 4.78 is 18.2. The third-order valence-corrected chi connectivity index (χ3v) is 2.25. The lowest BCUT2D eigenvalue weighted by Crippen LogP contribution is -2.39. The average molecular weight is 176 g/mol. The van der Waals surface area contributed by atoms with Crippen molar-refractivity contribution in [2.45, 2.75) is 19.1 Å². The maximum Gasteiger partial charge on any atom is 0.118 e. The van der Waals surface area contributed by atoms with Gasteiger partial charge in [-0.1, -0.05) is 0 Å². The van der Waals surface area contributed by atoms with Crippen LogP contribution in [0.3, 0.4) is 0 Å². The zero-order valence-electron chi connectivity index (χ0n) is 7.42. The van der Waals surface area contributed by atoms with E-state index < -0.39 is 6.17 Å². The first-order valence-corrected chi connectivity index (χ1v) is 4.43. The summed E-state index contributed by atoms with van der Waals surface area (Å²) >= 11 is 0. The van der Waals surface area contributed by atoms with Crippen LogP contribution in [0.15, 0.2) is 0 Å². The number of ether oxygens (including phenoxy) is 1. The highest BCUT2D eigenvalue weighted by molar-refractivity contribution is 4.87. The van der Waals surface area contributed by atoms with Crippen molar-refractivity contribution in [3.8, 4) is 0 Å². The predicted molar refractivity (Wildman–Crippen MR) is 45.7 cm³/mol. The second kappa shape index (κ2) is 4.74. The summed E-state index contributed by atoms with van der Waals surface area (Å²) in [6, 6.07) is -0.171. The van der Waals surface area contributed by atoms with Crippen LogP contribution in [0.25, 0.3) is 0 Å². The second-order valence-corrected chi connectivity index (χ2v) is 3.16. The number of hydrogen-bond acceptors (Lipinski definition) is 3. The molecule has 3 atom stereocenters. The first-order chi connectivity index (χ1) is 5.75. The number of rotatable bonds is 4. The van der Waals surface area contributed by atoms with E-state index in [-0.39, 0.29) is 12.0 Å². The molecule has 72 valence electrons. The lowest BCUT2D eigenvalue weighted by Gasteiger charge is -2.19. The summed E-state index contributed by atoms with van der Waals surface area (Å²) in [6.07, 6.45) is -0.805. The fourth-order valence-electron chi connectivity index (χ4n) is 1.46. The molecule has 0 radical (unpaired) electrons. The Bertz CT molecular complexity index is 134. The molecule has 1 saturated heterocycles. The van der Waals surface area contributed by atoms with E-state index in [0.29, 0.717) is 26.3 Å². The summed E-state index contributed by atoms with van der Waals surface area (Å²) in [5.74, 6) is -0.0726. The van der Waals surface area contributed by atoms with Crippen molar-refractivity contribution in [1.29, 1.82) is 0 Å². The largest absolute Gasteiger partial charge is 0.380 e. The van der Waals surface area contributed by atoms with Crippen LogP contribution < -0.4 is 11.1 Å². The average Bonchev–Trinajstić information content (AvgIpc) is 2.47. The van der Waals surface area contributed by atoms with Crippen molar-refractivity contribution in [1.82, 2.24) is 5.32 Å². The molecular weight excluding hydrogens is 159 g/mol. The highest BCUT2D eigenvalue weighted by Gasteiger charge is 2.31. The van der Waals surface area contributed by atoms with E-state index in [1.807, 2.05) is 6.92 Å². The molecule has 1 fully saturated rings. The molecule has 0 aromatic heterocycles. The van der Waals surface area contributed by atoms with E-state index in [4.69, 9.17) is 10.5 Å². The van der Waals surface area contributed by atoms with Gasteiger partial charge >= 0.3 is 0 Å². The van der Waals surface area contributed by atoms with E-state index >= 15 is 0 Å². The first kappa shape index (κ1) is 9.89. The lowest BCUT2D eigenvalue weighted by atomic mass is 9.99. The molecule has 0 bridgehead atoms. The number of nitrogens with two attached hydrogens (primary N) is 1. The Morgan fingerprint density at radius 1 is 1.67 bits per heavy atom. The van der Waals surface area contributed by atoms with Crippen molar-refractivity contribution >= 4 is 0 Å². The maximum absolute atomic E-state index is 13.1. The van der Waals surface area contributed by atoms with Crippen molar-refractivity contribution in [3.05, 3.63) is 0 Å². The minimum atomic E-state index is -0.805. The molecule has 3 N–H and O–H groups in total. The number of hydrogen-bond donors (Lipinski definition) is 2. The van der Waals surface area contributed by atoms with Gasteiger partial charge in [0.25, 0.3) is 0 Å². The van der Waals surface area contributed by atoms with E-state index in [9.17, 15) is 4.39 Å². The molecule has 1 aliphatic heterocycles. The fourth-order valence-corrected chi connectivity index (χ4v) is 1.46. The molecule has 0 saturated carbocycles. The normalized spacial score (nSPS) is 32.2. The minimum Gasteiger partial charge on any atom is -0.380 e. The summed E-state index contributed by atoms with van der Waals surface area (Å²) in [5, 5.41) is 2.97. The maximum atomic E-state index is 13.1. The van der Waals surface area contributed by atoms with Crippen LogP contribution in [0, 0.1) is 5.92 Å². The third kappa shape index (κ3) is 2.40. The minimum absolute atomic E-state index is 0.0726. The van der Waals surface area contributed by atoms with Crippen molar-refractivity contribution in [3.63, 3.8) is 0 Å². The van der Waals surface area contributed by atoms with Crippen LogP contribution in [-0.4, -0.2) is 38.5 Å². The van der Waals surface area contributed by atoms with Crippen LogP contribution in [0.5, 0.6) is 0 Å². The third-order valence-electron chi connectivity index (χ3n) is 2.25. The van der Waals surface area contributed by atoms with E-state index in [1.54, 1.807) is 0 Å². The Hall–Kier alpha value is -0.190. The molecule has 4 heteroatoms. The van der Waals surface area contributed by atoms with Gasteiger partial charge in [0, 0.05) is 31.7 Å². The van der Waals surface area contributed by atoms with Gasteiger partial charge in [0.1, 0.15) is 6.17 Å². The summed E-state index contributed by atoms with van der Waals surface area (Å²) in [7, 11) is 0. The predicted octanol–water partition coefficient (Wildman–Crippen LogP) is -0.0923. The molecular formula is C8H17FN2O. The zero-order chi connectivity index (χ0) is 8.97. The van der Waals surface area contributed by atoms with E-state index in [2.05, 4.69) is 5.32 Å². The summed E-state index contributed by atoms with van der Waals surface area (Å²) in [4.78, 5) is 0. The molecule has 0 spiro atoms. The highest BCUT2D eigenvalue weighted by Crippen LogP contribution is 2.15. The van der Waals surface area contributed by atoms with Gasteiger partial charge in [-0.3, -0.25) is 0 Å². The Morgan fingerprint density at radius 2 is 2.42 bits per heavy atom. The first-order valence-electron chi connectivity index (χ1n) is 4.43. The Morgan fingerprint density at radius 3 is 2.92 bits per heavy atom. The molecule has 1 rings (SSSR count). The van der Waals surface area contributed by atoms with Gasteiger partial charge in [-0.25, -0.2) is 4.39 Å². The van der Waals surface area contributed by atoms with Crippen molar-refractivity contribution in [2.24, 2.45) is 11.7 Å². The smallest absolute Gasteiger partial charge is 0.118 e. The number of nitrogens with one attached hydrogen (secondary N) is 1. The van der Waals surface area contributed by atoms with Crippen molar-refractivity contribution < 1.29 is 9.13 Å². The Labute approximate surface area is 72.5 Å². The monoisotopic (exact) mass is 176 g/mol. The zero-order valence-corrected chi connectivity index (χ0v) is 7.42. The molecule has 0 aromatic carbocycles. The van der Waals surface area contributed by atoms with Crippen LogP contribution >= 0.6 is 0 Å². The van der Waals surface area contributed by atoms with Gasteiger partial charge < -0.3 is 15.8 Å². The molecule has 0 aliphatic carbocycles. The van der Waals surface area contributed by atoms with E-state index in [1.165, 1.54) is 0 Å². The fraction of sp³-hybridized carbons (Fsp3) is 1.00. The lowest BCUT2D eigenvalue weighted by molar-refractivity contribution is 0.105. The number of halogens is 1. The molecule has 1 aliphatic rings. The van der Waals surface area contributed by atoms with Crippen LogP contribution in [0.4, 0.5) is 4.39 Å². The number of alkyl halides is 1. The summed E-state index contributed by atoms with van der Waals surface area (Å²) in [6.45, 7) is 4.13. The SMILES string of the molecule is CCOC[C@H](N)[C@H]1CNC[C@H]1F. The topological polar surface area (TPSA) is 47.3 Å². The van der Waals surface area contributed by atoms with Gasteiger partial charge in [-0.2, -0.15) is 0 Å². The quantitative estimate of drug-likeness (QED) is 0.629. The van der Waals surface area contributed by atoms with Gasteiger partial charge in [-0.05, 0) is 6.92 Å². The van der Waals surface area contributed by atoms with Gasteiger partial charge in [-0.15, -0.1) is 0 Å². The van der Waals surface area contributed by atoms with Crippen LogP contribution in [0.2, 0.25) is 0 Å². The van der Waals surface area contributed by atoms with E-state index in [0.717, 1.165) is 0 Å². The second-order valence-electron chi connectivity index (χ2n) is 3.16. The molecule has 0 unspecified atom stereocenters. The van der Waals surface area contributed by atoms with Gasteiger partial charge in [0.15, 0.2) is 0 Å².